The van der Waals surface area contributed by atoms with Crippen LogP contribution in [-0.4, -0.2) is 32.1 Å². The van der Waals surface area contributed by atoms with Crippen molar-refractivity contribution in [1.29, 1.82) is 0 Å². The van der Waals surface area contributed by atoms with Gasteiger partial charge in [-0.3, -0.25) is 9.59 Å². The van der Waals surface area contributed by atoms with Crippen molar-refractivity contribution in [3.05, 3.63) is 28.2 Å². The number of rotatable bonds is 6. The first-order valence-electron chi connectivity index (χ1n) is 5.56. The lowest BCUT2D eigenvalue weighted by Gasteiger charge is -2.09. The Morgan fingerprint density at radius 1 is 1.26 bits per heavy atom. The van der Waals surface area contributed by atoms with Crippen molar-refractivity contribution in [2.75, 3.05) is 25.5 Å². The van der Waals surface area contributed by atoms with Gasteiger partial charge in [-0.05, 0) is 12.1 Å². The normalized spacial score (nSPS) is 10.1. The van der Waals surface area contributed by atoms with Crippen LogP contribution in [0.25, 0.3) is 0 Å². The largest absolute Gasteiger partial charge is 0.469 e. The molecule has 0 aliphatic heterocycles. The number of carbonyl (C=O) groups excluding carboxylic acids is 2. The van der Waals surface area contributed by atoms with Crippen LogP contribution in [-0.2, 0) is 14.3 Å². The molecule has 0 radical (unpaired) electrons. The van der Waals surface area contributed by atoms with Crippen LogP contribution in [0.2, 0.25) is 10.0 Å². The first-order valence-corrected chi connectivity index (χ1v) is 6.31. The van der Waals surface area contributed by atoms with Gasteiger partial charge in [-0.25, -0.2) is 0 Å². The molecule has 0 saturated carbocycles. The minimum absolute atomic E-state index is 0.0541. The molecular weight excluding hydrogens is 291 g/mol. The highest BCUT2D eigenvalue weighted by molar-refractivity contribution is 6.39. The maximum absolute atomic E-state index is 11.6. The topological polar surface area (TPSA) is 67.4 Å². The predicted molar refractivity (Wildman–Crippen MR) is 74.6 cm³/mol. The second kappa shape index (κ2) is 7.99. The number of hydrogen-bond donors (Lipinski definition) is 2. The molecule has 0 spiro atoms. The van der Waals surface area contributed by atoms with Gasteiger partial charge >= 0.3 is 5.97 Å². The van der Waals surface area contributed by atoms with Crippen LogP contribution in [0.3, 0.4) is 0 Å². The van der Waals surface area contributed by atoms with Crippen molar-refractivity contribution in [3.8, 4) is 0 Å². The number of esters is 1. The first-order chi connectivity index (χ1) is 9.04. The van der Waals surface area contributed by atoms with E-state index in [0.717, 1.165) is 0 Å². The fourth-order valence-electron chi connectivity index (χ4n) is 1.30. The van der Waals surface area contributed by atoms with E-state index in [1.54, 1.807) is 18.2 Å². The molecule has 104 valence electrons. The molecule has 1 rings (SSSR count). The van der Waals surface area contributed by atoms with Crippen molar-refractivity contribution in [2.45, 2.75) is 6.42 Å². The zero-order chi connectivity index (χ0) is 14.3. The number of hydrogen-bond acceptors (Lipinski definition) is 4. The Balaban J connectivity index is 2.37. The Bertz CT molecular complexity index is 446. The van der Waals surface area contributed by atoms with Gasteiger partial charge in [0.25, 0.3) is 0 Å². The van der Waals surface area contributed by atoms with Gasteiger partial charge in [-0.1, -0.05) is 29.3 Å². The average Bonchev–Trinajstić information content (AvgIpc) is 2.39. The predicted octanol–water partition coefficient (Wildman–Crippen LogP) is 2.08. The maximum Gasteiger partial charge on any atom is 0.306 e. The number of benzene rings is 1. The van der Waals surface area contributed by atoms with Gasteiger partial charge in [0.1, 0.15) is 0 Å². The SMILES string of the molecule is COC(=O)CCNCC(=O)Nc1c(Cl)cccc1Cl. The molecule has 0 atom stereocenters. The second-order valence-corrected chi connectivity index (χ2v) is 4.46. The zero-order valence-corrected chi connectivity index (χ0v) is 11.8. The van der Waals surface area contributed by atoms with E-state index in [1.807, 2.05) is 0 Å². The van der Waals surface area contributed by atoms with E-state index in [-0.39, 0.29) is 24.8 Å². The Hall–Kier alpha value is -1.30. The summed E-state index contributed by atoms with van der Waals surface area (Å²) in [4.78, 5) is 22.5. The minimum atomic E-state index is -0.331. The molecule has 0 aliphatic carbocycles. The van der Waals surface area contributed by atoms with Crippen LogP contribution < -0.4 is 10.6 Å². The number of para-hydroxylation sites is 1. The van der Waals surface area contributed by atoms with Crippen molar-refractivity contribution in [2.24, 2.45) is 0 Å². The van der Waals surface area contributed by atoms with E-state index < -0.39 is 0 Å². The Morgan fingerprint density at radius 3 is 2.47 bits per heavy atom. The van der Waals surface area contributed by atoms with Gasteiger partial charge in [-0.2, -0.15) is 0 Å². The molecule has 0 saturated heterocycles. The van der Waals surface area contributed by atoms with E-state index >= 15 is 0 Å². The van der Waals surface area contributed by atoms with Gasteiger partial charge in [-0.15, -0.1) is 0 Å². The summed E-state index contributed by atoms with van der Waals surface area (Å²) >= 11 is 11.8. The highest BCUT2D eigenvalue weighted by atomic mass is 35.5. The monoisotopic (exact) mass is 304 g/mol. The Morgan fingerprint density at radius 2 is 1.89 bits per heavy atom. The van der Waals surface area contributed by atoms with Crippen LogP contribution in [0.1, 0.15) is 6.42 Å². The molecule has 1 aromatic carbocycles. The van der Waals surface area contributed by atoms with Gasteiger partial charge in [0.15, 0.2) is 0 Å². The first kappa shape index (κ1) is 15.8. The smallest absolute Gasteiger partial charge is 0.306 e. The van der Waals surface area contributed by atoms with Crippen LogP contribution >= 0.6 is 23.2 Å². The van der Waals surface area contributed by atoms with E-state index in [0.29, 0.717) is 22.3 Å². The summed E-state index contributed by atoms with van der Waals surface area (Å²) in [5.74, 6) is -0.623. The van der Waals surface area contributed by atoms with Crippen molar-refractivity contribution in [3.63, 3.8) is 0 Å². The molecule has 0 unspecified atom stereocenters. The number of methoxy groups -OCH3 is 1. The Labute approximate surface area is 121 Å². The molecule has 5 nitrogen and oxygen atoms in total. The third kappa shape index (κ3) is 5.46. The summed E-state index contributed by atoms with van der Waals surface area (Å²) in [5, 5.41) is 6.15. The van der Waals surface area contributed by atoms with E-state index in [9.17, 15) is 9.59 Å². The molecule has 2 N–H and O–H groups in total. The fourth-order valence-corrected chi connectivity index (χ4v) is 1.79. The van der Waals surface area contributed by atoms with Crippen molar-refractivity contribution in [1.82, 2.24) is 5.32 Å². The molecule has 0 fully saturated rings. The van der Waals surface area contributed by atoms with Crippen LogP contribution in [0.5, 0.6) is 0 Å². The molecule has 0 aromatic heterocycles. The summed E-state index contributed by atoms with van der Waals surface area (Å²) in [5.41, 5.74) is 0.380. The maximum atomic E-state index is 11.6. The molecule has 0 heterocycles. The van der Waals surface area contributed by atoms with Crippen LogP contribution in [0.4, 0.5) is 5.69 Å². The number of halogens is 2. The molecule has 1 aromatic rings. The number of anilines is 1. The molecule has 7 heteroatoms. The van der Waals surface area contributed by atoms with Crippen molar-refractivity contribution >= 4 is 40.8 Å². The number of carbonyl (C=O) groups is 2. The molecule has 0 bridgehead atoms. The van der Waals surface area contributed by atoms with E-state index in [2.05, 4.69) is 15.4 Å². The summed E-state index contributed by atoms with van der Waals surface area (Å²) in [6, 6.07) is 4.95. The standard InChI is InChI=1S/C12H14Cl2N2O3/c1-19-11(18)5-6-15-7-10(17)16-12-8(13)3-2-4-9(12)14/h2-4,15H,5-7H2,1H3,(H,16,17). The highest BCUT2D eigenvalue weighted by Crippen LogP contribution is 2.29. The molecule has 1 amide bonds. The number of ether oxygens (including phenoxy) is 1. The van der Waals surface area contributed by atoms with E-state index in [4.69, 9.17) is 23.2 Å². The minimum Gasteiger partial charge on any atom is -0.469 e. The fraction of sp³-hybridized carbons (Fsp3) is 0.333. The summed E-state index contributed by atoms with van der Waals surface area (Å²) in [7, 11) is 1.31. The third-order valence-electron chi connectivity index (χ3n) is 2.25. The lowest BCUT2D eigenvalue weighted by Crippen LogP contribution is -2.30. The summed E-state index contributed by atoms with van der Waals surface area (Å²) in [6.07, 6.45) is 0.205. The summed E-state index contributed by atoms with van der Waals surface area (Å²) < 4.78 is 4.47. The lowest BCUT2D eigenvalue weighted by atomic mass is 10.3. The van der Waals surface area contributed by atoms with Gasteiger partial charge in [0.2, 0.25) is 5.91 Å². The second-order valence-electron chi connectivity index (χ2n) is 3.65. The average molecular weight is 305 g/mol. The molecule has 19 heavy (non-hydrogen) atoms. The molecule has 0 aliphatic rings. The number of amides is 1. The highest BCUT2D eigenvalue weighted by Gasteiger charge is 2.09. The summed E-state index contributed by atoms with van der Waals surface area (Å²) in [6.45, 7) is 0.412. The number of nitrogens with one attached hydrogen (secondary N) is 2. The third-order valence-corrected chi connectivity index (χ3v) is 2.88. The zero-order valence-electron chi connectivity index (χ0n) is 10.3. The Kier molecular flexibility index (Phi) is 6.62. The quantitative estimate of drug-likeness (QED) is 0.624. The molecular formula is C12H14Cl2N2O3. The van der Waals surface area contributed by atoms with Crippen molar-refractivity contribution < 1.29 is 14.3 Å². The van der Waals surface area contributed by atoms with Crippen LogP contribution in [0.15, 0.2) is 18.2 Å². The lowest BCUT2D eigenvalue weighted by molar-refractivity contribution is -0.140. The van der Waals surface area contributed by atoms with Gasteiger partial charge in [0, 0.05) is 6.54 Å². The van der Waals surface area contributed by atoms with Crippen LogP contribution in [0, 0.1) is 0 Å². The van der Waals surface area contributed by atoms with Gasteiger partial charge < -0.3 is 15.4 Å². The van der Waals surface area contributed by atoms with E-state index in [1.165, 1.54) is 7.11 Å². The van der Waals surface area contributed by atoms with Gasteiger partial charge in [0.05, 0.1) is 35.8 Å².